The highest BCUT2D eigenvalue weighted by atomic mass is 19.1. The molecular formula is C24H28FN3O3. The Bertz CT molecular complexity index is 1030. The van der Waals surface area contributed by atoms with Crippen LogP contribution in [0.1, 0.15) is 31.5 Å². The van der Waals surface area contributed by atoms with Gasteiger partial charge in [-0.2, -0.15) is 5.10 Å². The fourth-order valence-corrected chi connectivity index (χ4v) is 3.43. The van der Waals surface area contributed by atoms with E-state index in [1.54, 1.807) is 34.9 Å². The number of carbonyl (C=O) groups is 1. The summed E-state index contributed by atoms with van der Waals surface area (Å²) in [5.41, 5.74) is 2.26. The van der Waals surface area contributed by atoms with Gasteiger partial charge < -0.3 is 14.4 Å². The Morgan fingerprint density at radius 1 is 1.10 bits per heavy atom. The lowest BCUT2D eigenvalue weighted by Gasteiger charge is -2.18. The third-order valence-corrected chi connectivity index (χ3v) is 5.20. The van der Waals surface area contributed by atoms with Gasteiger partial charge in [0.05, 0.1) is 18.5 Å². The lowest BCUT2D eigenvalue weighted by atomic mass is 10.1. The SMILES string of the molecule is CCN(CC)C(=O)CCc1c(C)nn(-c2ccc(OC)cc2)c1Oc1ccccc1F. The lowest BCUT2D eigenvalue weighted by molar-refractivity contribution is -0.130. The van der Waals surface area contributed by atoms with Gasteiger partial charge in [-0.1, -0.05) is 12.1 Å². The van der Waals surface area contributed by atoms with Crippen LogP contribution in [0.15, 0.2) is 48.5 Å². The summed E-state index contributed by atoms with van der Waals surface area (Å²) >= 11 is 0. The summed E-state index contributed by atoms with van der Waals surface area (Å²) in [7, 11) is 1.60. The standard InChI is InChI=1S/C24H28FN3O3/c1-5-27(6-2)23(29)16-15-20-17(3)26-28(18-11-13-19(30-4)14-12-18)24(20)31-22-10-8-7-9-21(22)25/h7-14H,5-6,15-16H2,1-4H3. The number of ether oxygens (including phenoxy) is 2. The molecule has 0 atom stereocenters. The molecule has 3 rings (SSSR count). The molecule has 0 radical (unpaired) electrons. The van der Waals surface area contributed by atoms with Crippen LogP contribution in [0.5, 0.6) is 17.4 Å². The number of aryl methyl sites for hydroxylation is 1. The molecule has 0 aliphatic carbocycles. The highest BCUT2D eigenvalue weighted by molar-refractivity contribution is 5.76. The zero-order chi connectivity index (χ0) is 22.4. The number of aromatic nitrogens is 2. The van der Waals surface area contributed by atoms with Gasteiger partial charge in [0.15, 0.2) is 11.6 Å². The molecule has 6 nitrogen and oxygen atoms in total. The highest BCUT2D eigenvalue weighted by Crippen LogP contribution is 2.33. The summed E-state index contributed by atoms with van der Waals surface area (Å²) in [5, 5.41) is 4.63. The monoisotopic (exact) mass is 425 g/mol. The first kappa shape index (κ1) is 22.3. The fourth-order valence-electron chi connectivity index (χ4n) is 3.43. The number of benzene rings is 2. The van der Waals surface area contributed by atoms with E-state index in [1.165, 1.54) is 6.07 Å². The molecule has 0 spiro atoms. The first-order valence-corrected chi connectivity index (χ1v) is 10.4. The van der Waals surface area contributed by atoms with Crippen LogP contribution in [0.2, 0.25) is 0 Å². The maximum absolute atomic E-state index is 14.3. The summed E-state index contributed by atoms with van der Waals surface area (Å²) in [4.78, 5) is 14.3. The predicted molar refractivity (Wildman–Crippen MR) is 118 cm³/mol. The Balaban J connectivity index is 1.99. The van der Waals surface area contributed by atoms with E-state index >= 15 is 0 Å². The largest absolute Gasteiger partial charge is 0.497 e. The van der Waals surface area contributed by atoms with Gasteiger partial charge in [-0.15, -0.1) is 0 Å². The molecule has 0 aliphatic rings. The van der Waals surface area contributed by atoms with Crippen molar-refractivity contribution in [2.24, 2.45) is 0 Å². The van der Waals surface area contributed by atoms with Gasteiger partial charge in [0.25, 0.3) is 0 Å². The maximum Gasteiger partial charge on any atom is 0.226 e. The molecule has 0 saturated heterocycles. The molecule has 0 fully saturated rings. The first-order valence-electron chi connectivity index (χ1n) is 10.4. The van der Waals surface area contributed by atoms with Crippen molar-refractivity contribution in [3.8, 4) is 23.1 Å². The van der Waals surface area contributed by atoms with Gasteiger partial charge in [0.2, 0.25) is 11.8 Å². The molecule has 0 bridgehead atoms. The van der Waals surface area contributed by atoms with Crippen LogP contribution in [0, 0.1) is 12.7 Å². The van der Waals surface area contributed by atoms with Crippen molar-refractivity contribution in [1.29, 1.82) is 0 Å². The van der Waals surface area contributed by atoms with E-state index in [1.807, 2.05) is 45.0 Å². The van der Waals surface area contributed by atoms with Gasteiger partial charge in [-0.3, -0.25) is 4.79 Å². The van der Waals surface area contributed by atoms with Crippen LogP contribution < -0.4 is 9.47 Å². The number of rotatable bonds is 9. The Labute approximate surface area is 182 Å². The minimum Gasteiger partial charge on any atom is -0.497 e. The molecule has 7 heteroatoms. The minimum absolute atomic E-state index is 0.0680. The van der Waals surface area contributed by atoms with E-state index < -0.39 is 5.82 Å². The zero-order valence-electron chi connectivity index (χ0n) is 18.4. The summed E-state index contributed by atoms with van der Waals surface area (Å²) in [6, 6.07) is 13.6. The third-order valence-electron chi connectivity index (χ3n) is 5.20. The number of amides is 1. The van der Waals surface area contributed by atoms with E-state index in [9.17, 15) is 9.18 Å². The molecule has 1 aromatic heterocycles. The second kappa shape index (κ2) is 10.1. The zero-order valence-corrected chi connectivity index (χ0v) is 18.4. The topological polar surface area (TPSA) is 56.6 Å². The number of halogens is 1. The number of nitrogens with zero attached hydrogens (tertiary/aromatic N) is 3. The Morgan fingerprint density at radius 3 is 2.39 bits per heavy atom. The third kappa shape index (κ3) is 5.05. The quantitative estimate of drug-likeness (QED) is 0.488. The summed E-state index contributed by atoms with van der Waals surface area (Å²) in [6.07, 6.45) is 0.769. The van der Waals surface area contributed by atoms with Crippen molar-refractivity contribution in [3.05, 3.63) is 65.6 Å². The summed E-state index contributed by atoms with van der Waals surface area (Å²) in [6.45, 7) is 7.11. The molecule has 31 heavy (non-hydrogen) atoms. The van der Waals surface area contributed by atoms with E-state index in [2.05, 4.69) is 5.10 Å². The molecule has 0 unspecified atom stereocenters. The van der Waals surface area contributed by atoms with Crippen molar-refractivity contribution in [3.63, 3.8) is 0 Å². The molecule has 164 valence electrons. The van der Waals surface area contributed by atoms with Crippen molar-refractivity contribution < 1.29 is 18.7 Å². The van der Waals surface area contributed by atoms with Crippen molar-refractivity contribution in [1.82, 2.24) is 14.7 Å². The second-order valence-electron chi connectivity index (χ2n) is 7.08. The molecule has 1 heterocycles. The molecule has 0 saturated carbocycles. The van der Waals surface area contributed by atoms with Crippen LogP contribution in [0.3, 0.4) is 0 Å². The Hall–Kier alpha value is -3.35. The van der Waals surface area contributed by atoms with E-state index in [4.69, 9.17) is 9.47 Å². The van der Waals surface area contributed by atoms with Crippen LogP contribution in [0.25, 0.3) is 5.69 Å². The Kier molecular flexibility index (Phi) is 7.28. The molecule has 3 aromatic rings. The number of carbonyl (C=O) groups excluding carboxylic acids is 1. The van der Waals surface area contributed by atoms with Crippen LogP contribution >= 0.6 is 0 Å². The van der Waals surface area contributed by atoms with Gasteiger partial charge in [-0.25, -0.2) is 9.07 Å². The fraction of sp³-hybridized carbons (Fsp3) is 0.333. The smallest absolute Gasteiger partial charge is 0.226 e. The van der Waals surface area contributed by atoms with E-state index in [0.29, 0.717) is 37.6 Å². The van der Waals surface area contributed by atoms with E-state index in [-0.39, 0.29) is 11.7 Å². The van der Waals surface area contributed by atoms with Crippen molar-refractivity contribution in [2.75, 3.05) is 20.2 Å². The van der Waals surface area contributed by atoms with Crippen LogP contribution in [0.4, 0.5) is 4.39 Å². The summed E-state index contributed by atoms with van der Waals surface area (Å²) < 4.78 is 27.2. The molecule has 1 amide bonds. The lowest BCUT2D eigenvalue weighted by Crippen LogP contribution is -2.30. The van der Waals surface area contributed by atoms with Crippen molar-refractivity contribution >= 4 is 5.91 Å². The van der Waals surface area contributed by atoms with Crippen LogP contribution in [-0.4, -0.2) is 40.8 Å². The van der Waals surface area contributed by atoms with Gasteiger partial charge in [0, 0.05) is 25.1 Å². The molecule has 2 aromatic carbocycles. The average Bonchev–Trinajstić information content (AvgIpc) is 3.09. The Morgan fingerprint density at radius 2 is 1.77 bits per heavy atom. The van der Waals surface area contributed by atoms with E-state index in [0.717, 1.165) is 16.9 Å². The predicted octanol–water partition coefficient (Wildman–Crippen LogP) is 4.92. The number of hydrogen-bond donors (Lipinski definition) is 0. The highest BCUT2D eigenvalue weighted by Gasteiger charge is 2.21. The number of para-hydroxylation sites is 1. The van der Waals surface area contributed by atoms with Gasteiger partial charge in [-0.05, 0) is 63.6 Å². The summed E-state index contributed by atoms with van der Waals surface area (Å²) in [5.74, 6) is 0.828. The second-order valence-corrected chi connectivity index (χ2v) is 7.08. The average molecular weight is 426 g/mol. The number of hydrogen-bond acceptors (Lipinski definition) is 4. The molecule has 0 aliphatic heterocycles. The number of methoxy groups -OCH3 is 1. The molecular weight excluding hydrogens is 397 g/mol. The first-order chi connectivity index (χ1) is 15.0. The van der Waals surface area contributed by atoms with Crippen LogP contribution in [-0.2, 0) is 11.2 Å². The van der Waals surface area contributed by atoms with Gasteiger partial charge >= 0.3 is 0 Å². The van der Waals surface area contributed by atoms with Gasteiger partial charge in [0.1, 0.15) is 5.75 Å². The molecule has 0 N–H and O–H groups in total. The van der Waals surface area contributed by atoms with Crippen molar-refractivity contribution in [2.45, 2.75) is 33.6 Å². The normalized spacial score (nSPS) is 10.7. The minimum atomic E-state index is -0.465. The maximum atomic E-state index is 14.3.